The van der Waals surface area contributed by atoms with E-state index < -0.39 is 0 Å². The van der Waals surface area contributed by atoms with E-state index in [1.165, 1.54) is 0 Å². The van der Waals surface area contributed by atoms with E-state index in [9.17, 15) is 0 Å². The number of allylic oxidation sites excluding steroid dienone is 10. The van der Waals surface area contributed by atoms with Crippen molar-refractivity contribution in [1.29, 1.82) is 0 Å². The van der Waals surface area contributed by atoms with Crippen molar-refractivity contribution in [1.82, 2.24) is 0 Å². The summed E-state index contributed by atoms with van der Waals surface area (Å²) in [5, 5.41) is 0. The Morgan fingerprint density at radius 2 is 1.58 bits per heavy atom. The van der Waals surface area contributed by atoms with Gasteiger partial charge in [0.1, 0.15) is 11.5 Å². The molecule has 0 fully saturated rings. The van der Waals surface area contributed by atoms with Crippen molar-refractivity contribution < 1.29 is 4.74 Å². The number of hydrogen-bond donors (Lipinski definition) is 0. The van der Waals surface area contributed by atoms with Gasteiger partial charge in [0, 0.05) is 11.1 Å². The Bertz CT molecular complexity index is 534. The molecule has 0 unspecified atom stereocenters. The molecule has 0 spiro atoms. The van der Waals surface area contributed by atoms with Crippen LogP contribution in [0.3, 0.4) is 0 Å². The van der Waals surface area contributed by atoms with Crippen molar-refractivity contribution in [3.05, 3.63) is 96.6 Å². The lowest BCUT2D eigenvalue weighted by molar-refractivity contribution is 0.321. The minimum atomic E-state index is 0.737. The average molecular weight is 252 g/mol. The molecule has 0 aromatic rings. The van der Waals surface area contributed by atoms with Gasteiger partial charge in [-0.05, 0) is 31.6 Å². The van der Waals surface area contributed by atoms with Crippen LogP contribution >= 0.6 is 0 Å². The molecular weight excluding hydrogens is 232 g/mol. The fourth-order valence-electron chi connectivity index (χ4n) is 1.83. The van der Waals surface area contributed by atoms with E-state index in [2.05, 4.69) is 19.7 Å². The molecule has 0 N–H and O–H groups in total. The Hall–Kier alpha value is -2.28. The first kappa shape index (κ1) is 14.8. The predicted octanol–water partition coefficient (Wildman–Crippen LogP) is 5.16. The molecule has 0 aromatic carbocycles. The van der Waals surface area contributed by atoms with Gasteiger partial charge in [-0.25, -0.2) is 0 Å². The van der Waals surface area contributed by atoms with Crippen molar-refractivity contribution in [2.45, 2.75) is 13.8 Å². The fraction of sp³-hybridized carbons (Fsp3) is 0.111. The van der Waals surface area contributed by atoms with Crippen molar-refractivity contribution in [3.8, 4) is 0 Å². The highest BCUT2D eigenvalue weighted by Crippen LogP contribution is 2.36. The maximum atomic E-state index is 5.92. The molecule has 1 nitrogen and oxygen atoms in total. The largest absolute Gasteiger partial charge is 0.456 e. The topological polar surface area (TPSA) is 9.23 Å². The molecule has 0 radical (unpaired) electrons. The zero-order valence-electron chi connectivity index (χ0n) is 11.6. The SMILES string of the molecule is C=C/C=C1/C(=C)C(/C=C\C)=C(/C=C\C)O/C1=C/C=C. The molecule has 0 atom stereocenters. The summed E-state index contributed by atoms with van der Waals surface area (Å²) in [5.41, 5.74) is 2.83. The maximum Gasteiger partial charge on any atom is 0.135 e. The third kappa shape index (κ3) is 3.35. The minimum Gasteiger partial charge on any atom is -0.456 e. The molecule has 0 amide bonds. The van der Waals surface area contributed by atoms with E-state index in [-0.39, 0.29) is 0 Å². The van der Waals surface area contributed by atoms with Crippen LogP contribution in [0.5, 0.6) is 0 Å². The molecule has 0 bridgehead atoms. The molecule has 19 heavy (non-hydrogen) atoms. The lowest BCUT2D eigenvalue weighted by Crippen LogP contribution is -2.09. The molecule has 1 aliphatic heterocycles. The van der Waals surface area contributed by atoms with Crippen LogP contribution in [0.2, 0.25) is 0 Å². The van der Waals surface area contributed by atoms with E-state index in [0.717, 1.165) is 28.2 Å². The van der Waals surface area contributed by atoms with Crippen LogP contribution in [0.25, 0.3) is 0 Å². The summed E-state index contributed by atoms with van der Waals surface area (Å²) in [5.74, 6) is 1.53. The van der Waals surface area contributed by atoms with Gasteiger partial charge >= 0.3 is 0 Å². The second-order valence-electron chi connectivity index (χ2n) is 3.94. The first-order valence-electron chi connectivity index (χ1n) is 6.22. The van der Waals surface area contributed by atoms with Gasteiger partial charge in [0.05, 0.1) is 0 Å². The highest BCUT2D eigenvalue weighted by molar-refractivity contribution is 5.62. The van der Waals surface area contributed by atoms with Crippen LogP contribution in [0.1, 0.15) is 13.8 Å². The number of rotatable bonds is 4. The monoisotopic (exact) mass is 252 g/mol. The van der Waals surface area contributed by atoms with Crippen molar-refractivity contribution in [3.63, 3.8) is 0 Å². The summed E-state index contributed by atoms with van der Waals surface area (Å²) in [4.78, 5) is 0. The average Bonchev–Trinajstić information content (AvgIpc) is 2.39. The Morgan fingerprint density at radius 3 is 2.11 bits per heavy atom. The van der Waals surface area contributed by atoms with Crippen LogP contribution in [0, 0.1) is 0 Å². The van der Waals surface area contributed by atoms with Crippen LogP contribution in [0.15, 0.2) is 96.6 Å². The smallest absolute Gasteiger partial charge is 0.135 e. The summed E-state index contributed by atoms with van der Waals surface area (Å²) in [7, 11) is 0. The minimum absolute atomic E-state index is 0.737. The van der Waals surface area contributed by atoms with Gasteiger partial charge < -0.3 is 4.74 Å². The highest BCUT2D eigenvalue weighted by atomic mass is 16.5. The van der Waals surface area contributed by atoms with Gasteiger partial charge in [-0.1, -0.05) is 56.2 Å². The van der Waals surface area contributed by atoms with E-state index in [4.69, 9.17) is 4.74 Å². The standard InChI is InChI=1S/C18H20O/c1-6-10-15-14(5)16(11-7-2)18(13-9-4)19-17(15)12-8-3/h6-13H,1,3,5H2,2,4H3/b11-7-,13-9-,15-10-,17-12+. The Labute approximate surface area is 116 Å². The lowest BCUT2D eigenvalue weighted by Gasteiger charge is -2.24. The van der Waals surface area contributed by atoms with E-state index in [1.54, 1.807) is 12.2 Å². The van der Waals surface area contributed by atoms with Gasteiger partial charge in [0.2, 0.25) is 0 Å². The van der Waals surface area contributed by atoms with Crippen molar-refractivity contribution >= 4 is 0 Å². The summed E-state index contributed by atoms with van der Waals surface area (Å²) in [6.07, 6.45) is 15.0. The van der Waals surface area contributed by atoms with Crippen LogP contribution in [-0.2, 0) is 4.74 Å². The van der Waals surface area contributed by atoms with Crippen molar-refractivity contribution in [2.75, 3.05) is 0 Å². The molecule has 1 aliphatic rings. The molecule has 0 saturated carbocycles. The first-order chi connectivity index (χ1) is 9.19. The molecule has 0 aliphatic carbocycles. The zero-order chi connectivity index (χ0) is 14.3. The summed E-state index contributed by atoms with van der Waals surface area (Å²) < 4.78 is 5.92. The van der Waals surface area contributed by atoms with E-state index >= 15 is 0 Å². The third-order valence-corrected chi connectivity index (χ3v) is 2.61. The third-order valence-electron chi connectivity index (χ3n) is 2.61. The van der Waals surface area contributed by atoms with Gasteiger partial charge in [0.25, 0.3) is 0 Å². The number of hydrogen-bond acceptors (Lipinski definition) is 1. The molecular formula is C18H20O. The quantitative estimate of drug-likeness (QED) is 0.671. The Morgan fingerprint density at radius 1 is 0.947 bits per heavy atom. The second-order valence-corrected chi connectivity index (χ2v) is 3.94. The highest BCUT2D eigenvalue weighted by Gasteiger charge is 2.22. The second kappa shape index (κ2) is 7.22. The molecule has 1 heterocycles. The molecule has 1 rings (SSSR count). The van der Waals surface area contributed by atoms with Gasteiger partial charge in [0.15, 0.2) is 0 Å². The molecule has 0 saturated heterocycles. The van der Waals surface area contributed by atoms with E-state index in [1.807, 2.05) is 50.3 Å². The zero-order valence-corrected chi connectivity index (χ0v) is 11.6. The van der Waals surface area contributed by atoms with E-state index in [0.29, 0.717) is 0 Å². The van der Waals surface area contributed by atoms with Gasteiger partial charge in [-0.2, -0.15) is 0 Å². The summed E-state index contributed by atoms with van der Waals surface area (Å²) in [6.45, 7) is 15.5. The van der Waals surface area contributed by atoms with Gasteiger partial charge in [-0.3, -0.25) is 0 Å². The summed E-state index contributed by atoms with van der Waals surface area (Å²) >= 11 is 0. The Kier molecular flexibility index (Phi) is 5.62. The summed E-state index contributed by atoms with van der Waals surface area (Å²) in [6, 6.07) is 0. The number of ether oxygens (including phenoxy) is 1. The molecule has 98 valence electrons. The molecule has 0 aromatic heterocycles. The van der Waals surface area contributed by atoms with Crippen LogP contribution in [-0.4, -0.2) is 0 Å². The maximum absolute atomic E-state index is 5.92. The normalized spacial score (nSPS) is 20.6. The Balaban J connectivity index is 3.48. The fourth-order valence-corrected chi connectivity index (χ4v) is 1.83. The van der Waals surface area contributed by atoms with Crippen molar-refractivity contribution in [2.24, 2.45) is 0 Å². The van der Waals surface area contributed by atoms with Crippen LogP contribution in [0.4, 0.5) is 0 Å². The lowest BCUT2D eigenvalue weighted by atomic mass is 9.93. The first-order valence-corrected chi connectivity index (χ1v) is 6.22. The van der Waals surface area contributed by atoms with Gasteiger partial charge in [-0.15, -0.1) is 0 Å². The predicted molar refractivity (Wildman–Crippen MR) is 83.4 cm³/mol. The molecule has 1 heteroatoms. The van der Waals surface area contributed by atoms with Crippen LogP contribution < -0.4 is 0 Å².